The standard InChI is InChI=1S/C21H24N2O2/c24-20(21-10-14-7-15(11-21)9-16(8-14)12-21)23-13-17-3-1-5-22-19(17)18-4-2-6-25-18/h1-6,14-16H,7-13H2,(H,23,24). The summed E-state index contributed by atoms with van der Waals surface area (Å²) in [7, 11) is 0. The lowest BCUT2D eigenvalue weighted by Crippen LogP contribution is -2.53. The van der Waals surface area contributed by atoms with Gasteiger partial charge in [0.1, 0.15) is 5.69 Å². The first-order valence-electron chi connectivity index (χ1n) is 9.48. The predicted octanol–water partition coefficient (Wildman–Crippen LogP) is 4.17. The topological polar surface area (TPSA) is 55.1 Å². The number of amides is 1. The molecule has 1 amide bonds. The van der Waals surface area contributed by atoms with Gasteiger partial charge in [-0.05, 0) is 74.5 Å². The van der Waals surface area contributed by atoms with Crippen molar-refractivity contribution in [1.82, 2.24) is 10.3 Å². The van der Waals surface area contributed by atoms with E-state index in [0.29, 0.717) is 6.54 Å². The Bertz CT molecular complexity index is 746. The molecule has 4 bridgehead atoms. The molecule has 0 spiro atoms. The largest absolute Gasteiger partial charge is 0.463 e. The van der Waals surface area contributed by atoms with Crippen molar-refractivity contribution in [3.8, 4) is 11.5 Å². The number of furan rings is 1. The van der Waals surface area contributed by atoms with E-state index in [9.17, 15) is 4.79 Å². The van der Waals surface area contributed by atoms with Gasteiger partial charge in [0.15, 0.2) is 5.76 Å². The van der Waals surface area contributed by atoms with Crippen molar-refractivity contribution >= 4 is 5.91 Å². The van der Waals surface area contributed by atoms with Gasteiger partial charge in [-0.2, -0.15) is 0 Å². The molecule has 0 radical (unpaired) electrons. The summed E-state index contributed by atoms with van der Waals surface area (Å²) in [4.78, 5) is 17.6. The molecule has 0 aliphatic heterocycles. The third-order valence-electron chi connectivity index (χ3n) is 6.61. The summed E-state index contributed by atoms with van der Waals surface area (Å²) < 4.78 is 5.49. The Kier molecular flexibility index (Phi) is 3.47. The van der Waals surface area contributed by atoms with Crippen LogP contribution in [0.1, 0.15) is 44.1 Å². The van der Waals surface area contributed by atoms with Crippen molar-refractivity contribution in [2.45, 2.75) is 45.1 Å². The summed E-state index contributed by atoms with van der Waals surface area (Å²) in [5.41, 5.74) is 1.73. The molecule has 4 fully saturated rings. The van der Waals surface area contributed by atoms with Crippen LogP contribution in [0.5, 0.6) is 0 Å². The molecule has 2 heterocycles. The van der Waals surface area contributed by atoms with E-state index < -0.39 is 0 Å². The Balaban J connectivity index is 1.33. The second-order valence-electron chi connectivity index (χ2n) is 8.37. The fraction of sp³-hybridized carbons (Fsp3) is 0.524. The maximum absolute atomic E-state index is 13.1. The van der Waals surface area contributed by atoms with Gasteiger partial charge in [0.25, 0.3) is 0 Å². The Labute approximate surface area is 148 Å². The number of pyridine rings is 1. The molecule has 130 valence electrons. The molecule has 4 aliphatic rings. The number of nitrogens with one attached hydrogen (secondary N) is 1. The van der Waals surface area contributed by atoms with Crippen LogP contribution < -0.4 is 5.32 Å². The quantitative estimate of drug-likeness (QED) is 0.911. The Morgan fingerprint density at radius 2 is 1.84 bits per heavy atom. The van der Waals surface area contributed by atoms with Gasteiger partial charge in [0.2, 0.25) is 5.91 Å². The molecule has 4 saturated carbocycles. The summed E-state index contributed by atoms with van der Waals surface area (Å²) in [6.07, 6.45) is 10.8. The number of hydrogen-bond acceptors (Lipinski definition) is 3. The van der Waals surface area contributed by atoms with Crippen LogP contribution in [0.2, 0.25) is 0 Å². The summed E-state index contributed by atoms with van der Waals surface area (Å²) >= 11 is 0. The average molecular weight is 336 g/mol. The third-order valence-corrected chi connectivity index (χ3v) is 6.61. The van der Waals surface area contributed by atoms with Crippen LogP contribution in [0.4, 0.5) is 0 Å². The molecule has 0 unspecified atom stereocenters. The molecular formula is C21H24N2O2. The highest BCUT2D eigenvalue weighted by Gasteiger charge is 2.54. The van der Waals surface area contributed by atoms with Crippen LogP contribution in [0, 0.1) is 23.2 Å². The molecule has 25 heavy (non-hydrogen) atoms. The number of rotatable bonds is 4. The molecule has 2 aromatic rings. The molecule has 4 heteroatoms. The molecule has 2 aromatic heterocycles. The number of nitrogens with zero attached hydrogens (tertiary/aromatic N) is 1. The van der Waals surface area contributed by atoms with E-state index in [1.54, 1.807) is 12.5 Å². The maximum Gasteiger partial charge on any atom is 0.226 e. The van der Waals surface area contributed by atoms with Crippen molar-refractivity contribution in [3.63, 3.8) is 0 Å². The van der Waals surface area contributed by atoms with E-state index in [4.69, 9.17) is 4.42 Å². The normalized spacial score (nSPS) is 32.7. The van der Waals surface area contributed by atoms with Crippen molar-refractivity contribution in [1.29, 1.82) is 0 Å². The summed E-state index contributed by atoms with van der Waals surface area (Å²) in [6.45, 7) is 0.518. The third kappa shape index (κ3) is 2.59. The minimum absolute atomic E-state index is 0.0954. The Hall–Kier alpha value is -2.10. The molecule has 0 aromatic carbocycles. The number of carbonyl (C=O) groups excluding carboxylic acids is 1. The van der Waals surface area contributed by atoms with Gasteiger partial charge >= 0.3 is 0 Å². The lowest BCUT2D eigenvalue weighted by atomic mass is 9.49. The van der Waals surface area contributed by atoms with E-state index in [1.807, 2.05) is 24.3 Å². The highest BCUT2D eigenvalue weighted by atomic mass is 16.3. The zero-order valence-corrected chi connectivity index (χ0v) is 14.4. The molecular weight excluding hydrogens is 312 g/mol. The van der Waals surface area contributed by atoms with Gasteiger partial charge in [-0.3, -0.25) is 9.78 Å². The first-order valence-corrected chi connectivity index (χ1v) is 9.48. The van der Waals surface area contributed by atoms with Crippen LogP contribution in [0.15, 0.2) is 41.1 Å². The lowest BCUT2D eigenvalue weighted by Gasteiger charge is -2.55. The van der Waals surface area contributed by atoms with Crippen LogP contribution in [-0.2, 0) is 11.3 Å². The van der Waals surface area contributed by atoms with E-state index in [1.165, 1.54) is 19.3 Å². The van der Waals surface area contributed by atoms with Crippen molar-refractivity contribution in [2.24, 2.45) is 23.2 Å². The SMILES string of the molecule is O=C(NCc1cccnc1-c1ccco1)C12CC3CC(CC(C3)C1)C2. The predicted molar refractivity (Wildman–Crippen MR) is 94.4 cm³/mol. The number of hydrogen-bond donors (Lipinski definition) is 1. The second kappa shape index (κ2) is 5.72. The van der Waals surface area contributed by atoms with E-state index >= 15 is 0 Å². The monoisotopic (exact) mass is 336 g/mol. The molecule has 6 rings (SSSR count). The van der Waals surface area contributed by atoms with Gasteiger partial charge in [-0.15, -0.1) is 0 Å². The van der Waals surface area contributed by atoms with Crippen LogP contribution in [-0.4, -0.2) is 10.9 Å². The second-order valence-corrected chi connectivity index (χ2v) is 8.37. The molecule has 1 N–H and O–H groups in total. The van der Waals surface area contributed by atoms with E-state index in [-0.39, 0.29) is 11.3 Å². The van der Waals surface area contributed by atoms with Gasteiger partial charge in [-0.1, -0.05) is 6.07 Å². The zero-order valence-electron chi connectivity index (χ0n) is 14.4. The first kappa shape index (κ1) is 15.2. The fourth-order valence-corrected chi connectivity index (χ4v) is 5.97. The molecule has 4 nitrogen and oxygen atoms in total. The van der Waals surface area contributed by atoms with Crippen molar-refractivity contribution < 1.29 is 9.21 Å². The minimum Gasteiger partial charge on any atom is -0.463 e. The molecule has 0 saturated heterocycles. The van der Waals surface area contributed by atoms with Gasteiger partial charge in [-0.25, -0.2) is 0 Å². The zero-order chi connectivity index (χ0) is 16.9. The summed E-state index contributed by atoms with van der Waals surface area (Å²) in [6, 6.07) is 7.71. The van der Waals surface area contributed by atoms with Gasteiger partial charge in [0, 0.05) is 23.7 Å². The molecule has 0 atom stereocenters. The number of carbonyl (C=O) groups is 1. The van der Waals surface area contributed by atoms with Crippen LogP contribution in [0.3, 0.4) is 0 Å². The fourth-order valence-electron chi connectivity index (χ4n) is 5.97. The van der Waals surface area contributed by atoms with Crippen LogP contribution >= 0.6 is 0 Å². The smallest absolute Gasteiger partial charge is 0.226 e. The highest BCUT2D eigenvalue weighted by molar-refractivity contribution is 5.83. The summed E-state index contributed by atoms with van der Waals surface area (Å²) in [5, 5.41) is 3.24. The lowest BCUT2D eigenvalue weighted by molar-refractivity contribution is -0.146. The average Bonchev–Trinajstić information content (AvgIpc) is 3.13. The Morgan fingerprint density at radius 3 is 2.48 bits per heavy atom. The van der Waals surface area contributed by atoms with E-state index in [2.05, 4.69) is 10.3 Å². The van der Waals surface area contributed by atoms with Gasteiger partial charge < -0.3 is 9.73 Å². The number of aromatic nitrogens is 1. The van der Waals surface area contributed by atoms with E-state index in [0.717, 1.165) is 54.0 Å². The molecule has 4 aliphatic carbocycles. The highest BCUT2D eigenvalue weighted by Crippen LogP contribution is 2.60. The first-order chi connectivity index (χ1) is 12.2. The minimum atomic E-state index is -0.0954. The van der Waals surface area contributed by atoms with Crippen molar-refractivity contribution in [2.75, 3.05) is 0 Å². The maximum atomic E-state index is 13.1. The van der Waals surface area contributed by atoms with Crippen LogP contribution in [0.25, 0.3) is 11.5 Å². The summed E-state index contributed by atoms with van der Waals surface area (Å²) in [5.74, 6) is 3.37. The Morgan fingerprint density at radius 1 is 1.12 bits per heavy atom. The van der Waals surface area contributed by atoms with Gasteiger partial charge in [0.05, 0.1) is 6.26 Å². The van der Waals surface area contributed by atoms with Crippen molar-refractivity contribution in [3.05, 3.63) is 42.3 Å².